The van der Waals surface area contributed by atoms with E-state index in [1.54, 1.807) is 16.6 Å². The Morgan fingerprint density at radius 3 is 3.06 bits per heavy atom. The predicted molar refractivity (Wildman–Crippen MR) is 64.4 cm³/mol. The van der Waals surface area contributed by atoms with E-state index >= 15 is 0 Å². The molecule has 0 aliphatic heterocycles. The van der Waals surface area contributed by atoms with Gasteiger partial charge in [-0.1, -0.05) is 6.07 Å². The van der Waals surface area contributed by atoms with Crippen molar-refractivity contribution in [2.75, 3.05) is 5.32 Å². The van der Waals surface area contributed by atoms with Crippen molar-refractivity contribution in [2.24, 2.45) is 0 Å². The third-order valence-electron chi connectivity index (χ3n) is 2.45. The first-order valence-electron chi connectivity index (χ1n) is 5.40. The molecule has 18 heavy (non-hydrogen) atoms. The largest absolute Gasteiger partial charge is 0.459 e. The van der Waals surface area contributed by atoms with Crippen LogP contribution in [0.3, 0.4) is 0 Å². The molecule has 3 aromatic heterocycles. The van der Waals surface area contributed by atoms with Crippen molar-refractivity contribution < 1.29 is 9.21 Å². The number of nitrogens with one attached hydrogen (secondary N) is 1. The van der Waals surface area contributed by atoms with E-state index < -0.39 is 0 Å². The maximum atomic E-state index is 11.7. The molecule has 0 aromatic carbocycles. The molecule has 1 amide bonds. The van der Waals surface area contributed by atoms with Crippen molar-refractivity contribution in [3.63, 3.8) is 0 Å². The van der Waals surface area contributed by atoms with Crippen molar-refractivity contribution in [1.82, 2.24) is 14.6 Å². The maximum absolute atomic E-state index is 11.7. The summed E-state index contributed by atoms with van der Waals surface area (Å²) in [4.78, 5) is 15.9. The van der Waals surface area contributed by atoms with Crippen molar-refractivity contribution in [1.29, 1.82) is 0 Å². The van der Waals surface area contributed by atoms with Gasteiger partial charge in [-0.05, 0) is 30.7 Å². The van der Waals surface area contributed by atoms with E-state index in [2.05, 4.69) is 15.4 Å². The van der Waals surface area contributed by atoms with Gasteiger partial charge in [0.1, 0.15) is 0 Å². The summed E-state index contributed by atoms with van der Waals surface area (Å²) >= 11 is 0. The molecule has 6 nitrogen and oxygen atoms in total. The van der Waals surface area contributed by atoms with Crippen LogP contribution in [0.4, 0.5) is 5.95 Å². The van der Waals surface area contributed by atoms with Crippen molar-refractivity contribution >= 4 is 17.5 Å². The van der Waals surface area contributed by atoms with Gasteiger partial charge in [-0.2, -0.15) is 4.98 Å². The minimum Gasteiger partial charge on any atom is -0.459 e. The van der Waals surface area contributed by atoms with Crippen LogP contribution >= 0.6 is 0 Å². The Hall–Kier alpha value is -2.63. The lowest BCUT2D eigenvalue weighted by Gasteiger charge is -1.95. The summed E-state index contributed by atoms with van der Waals surface area (Å²) in [6, 6.07) is 7.00. The number of carbonyl (C=O) groups excluding carboxylic acids is 1. The SMILES string of the molecule is Cc1ccc2nc(NC(=O)c3ccco3)nn2c1. The van der Waals surface area contributed by atoms with Gasteiger partial charge in [-0.25, -0.2) is 4.52 Å². The van der Waals surface area contributed by atoms with E-state index in [1.807, 2.05) is 25.3 Å². The van der Waals surface area contributed by atoms with Crippen LogP contribution in [0.5, 0.6) is 0 Å². The Labute approximate surface area is 102 Å². The van der Waals surface area contributed by atoms with Gasteiger partial charge >= 0.3 is 0 Å². The summed E-state index contributed by atoms with van der Waals surface area (Å²) in [6.07, 6.45) is 3.28. The van der Waals surface area contributed by atoms with Crippen LogP contribution in [-0.2, 0) is 0 Å². The van der Waals surface area contributed by atoms with Gasteiger partial charge in [0.25, 0.3) is 5.91 Å². The predicted octanol–water partition coefficient (Wildman–Crippen LogP) is 1.88. The minimum absolute atomic E-state index is 0.227. The molecule has 0 aliphatic rings. The lowest BCUT2D eigenvalue weighted by molar-refractivity contribution is 0.0996. The zero-order valence-electron chi connectivity index (χ0n) is 9.62. The average molecular weight is 242 g/mol. The van der Waals surface area contributed by atoms with Gasteiger partial charge in [0.2, 0.25) is 5.95 Å². The Morgan fingerprint density at radius 1 is 1.39 bits per heavy atom. The van der Waals surface area contributed by atoms with Crippen LogP contribution in [0.15, 0.2) is 41.1 Å². The molecule has 0 unspecified atom stereocenters. The molecule has 0 saturated heterocycles. The van der Waals surface area contributed by atoms with Gasteiger partial charge in [-0.15, -0.1) is 5.10 Å². The molecule has 0 spiro atoms. The van der Waals surface area contributed by atoms with E-state index in [-0.39, 0.29) is 17.6 Å². The fourth-order valence-electron chi connectivity index (χ4n) is 1.61. The summed E-state index contributed by atoms with van der Waals surface area (Å²) in [7, 11) is 0. The summed E-state index contributed by atoms with van der Waals surface area (Å²) in [6.45, 7) is 1.96. The number of fused-ring (bicyclic) bond motifs is 1. The number of anilines is 1. The molecule has 0 bridgehead atoms. The highest BCUT2D eigenvalue weighted by Crippen LogP contribution is 2.09. The molecule has 3 heterocycles. The molecule has 1 N–H and O–H groups in total. The molecule has 0 aliphatic carbocycles. The number of amides is 1. The van der Waals surface area contributed by atoms with E-state index in [4.69, 9.17) is 4.42 Å². The van der Waals surface area contributed by atoms with Gasteiger partial charge < -0.3 is 4.42 Å². The van der Waals surface area contributed by atoms with Gasteiger partial charge in [0.05, 0.1) is 6.26 Å². The number of furan rings is 1. The van der Waals surface area contributed by atoms with Crippen molar-refractivity contribution in [3.05, 3.63) is 48.0 Å². The van der Waals surface area contributed by atoms with E-state index in [9.17, 15) is 4.79 Å². The van der Waals surface area contributed by atoms with Crippen LogP contribution in [0.25, 0.3) is 5.65 Å². The van der Waals surface area contributed by atoms with Crippen LogP contribution in [0, 0.1) is 6.92 Å². The molecule has 90 valence electrons. The second-order valence-electron chi connectivity index (χ2n) is 3.88. The summed E-state index contributed by atoms with van der Waals surface area (Å²) in [5.74, 6) is 0.111. The number of rotatable bonds is 2. The molecular formula is C12H10N4O2. The number of nitrogens with zero attached hydrogens (tertiary/aromatic N) is 3. The Bertz CT molecular complexity index is 700. The minimum atomic E-state index is -0.368. The molecular weight excluding hydrogens is 232 g/mol. The summed E-state index contributed by atoms with van der Waals surface area (Å²) < 4.78 is 6.60. The molecule has 0 saturated carbocycles. The van der Waals surface area contributed by atoms with Crippen LogP contribution in [-0.4, -0.2) is 20.5 Å². The highest BCUT2D eigenvalue weighted by Gasteiger charge is 2.11. The molecule has 0 fully saturated rings. The molecule has 6 heteroatoms. The van der Waals surface area contributed by atoms with Crippen molar-refractivity contribution in [3.8, 4) is 0 Å². The van der Waals surface area contributed by atoms with E-state index in [0.717, 1.165) is 5.56 Å². The fraction of sp³-hybridized carbons (Fsp3) is 0.0833. The Balaban J connectivity index is 1.89. The van der Waals surface area contributed by atoms with Gasteiger partial charge in [0.15, 0.2) is 11.4 Å². The molecule has 0 atom stereocenters. The second kappa shape index (κ2) is 3.99. The zero-order chi connectivity index (χ0) is 12.5. The number of carbonyl (C=O) groups is 1. The maximum Gasteiger partial charge on any atom is 0.293 e. The first-order valence-corrected chi connectivity index (χ1v) is 5.40. The summed E-state index contributed by atoms with van der Waals surface area (Å²) in [5, 5.41) is 6.73. The van der Waals surface area contributed by atoms with Crippen molar-refractivity contribution in [2.45, 2.75) is 6.92 Å². The average Bonchev–Trinajstić information content (AvgIpc) is 2.95. The van der Waals surface area contributed by atoms with Crippen LogP contribution in [0.2, 0.25) is 0 Å². The number of aromatic nitrogens is 3. The first-order chi connectivity index (χ1) is 8.72. The third-order valence-corrected chi connectivity index (χ3v) is 2.45. The number of hydrogen-bond acceptors (Lipinski definition) is 4. The lowest BCUT2D eigenvalue weighted by Crippen LogP contribution is -2.12. The number of aryl methyl sites for hydroxylation is 1. The van der Waals surface area contributed by atoms with E-state index in [1.165, 1.54) is 6.26 Å². The highest BCUT2D eigenvalue weighted by molar-refractivity contribution is 6.01. The normalized spacial score (nSPS) is 10.7. The topological polar surface area (TPSA) is 72.4 Å². The second-order valence-corrected chi connectivity index (χ2v) is 3.88. The standard InChI is InChI=1S/C12H10N4O2/c1-8-4-5-10-13-12(15-16(10)7-8)14-11(17)9-3-2-6-18-9/h2-7H,1H3,(H,14,15,17). The van der Waals surface area contributed by atoms with Gasteiger partial charge in [0, 0.05) is 6.20 Å². The smallest absolute Gasteiger partial charge is 0.293 e. The van der Waals surface area contributed by atoms with Crippen LogP contribution < -0.4 is 5.32 Å². The quantitative estimate of drug-likeness (QED) is 0.744. The monoisotopic (exact) mass is 242 g/mol. The Morgan fingerprint density at radius 2 is 2.28 bits per heavy atom. The van der Waals surface area contributed by atoms with Gasteiger partial charge in [-0.3, -0.25) is 10.1 Å². The Kier molecular flexibility index (Phi) is 2.33. The van der Waals surface area contributed by atoms with E-state index in [0.29, 0.717) is 5.65 Å². The number of pyridine rings is 1. The fourth-order valence-corrected chi connectivity index (χ4v) is 1.61. The molecule has 0 radical (unpaired) electrons. The number of hydrogen-bond donors (Lipinski definition) is 1. The molecule has 3 rings (SSSR count). The highest BCUT2D eigenvalue weighted by atomic mass is 16.3. The summed E-state index contributed by atoms with van der Waals surface area (Å²) in [5.41, 5.74) is 1.74. The lowest BCUT2D eigenvalue weighted by atomic mass is 10.3. The molecule has 3 aromatic rings. The first kappa shape index (κ1) is 10.5. The zero-order valence-corrected chi connectivity index (χ0v) is 9.62. The third kappa shape index (κ3) is 1.84. The van der Waals surface area contributed by atoms with Crippen LogP contribution in [0.1, 0.15) is 16.1 Å².